The van der Waals surface area contributed by atoms with Gasteiger partial charge in [-0.2, -0.15) is 0 Å². The fourth-order valence-electron chi connectivity index (χ4n) is 3.68. The van der Waals surface area contributed by atoms with Crippen molar-refractivity contribution in [3.8, 4) is 0 Å². The molecule has 3 amide bonds. The molecule has 3 fully saturated rings. The number of nitrogens with one attached hydrogen (secondary N) is 2. The molecule has 1 aromatic carbocycles. The van der Waals surface area contributed by atoms with Gasteiger partial charge in [0.1, 0.15) is 0 Å². The topological polar surface area (TPSA) is 64.7 Å². The molecule has 0 spiro atoms. The number of piperidine rings is 1. The number of carbonyl (C=O) groups excluding carboxylic acids is 2. The normalized spacial score (nSPS) is 21.2. The number of rotatable bonds is 5. The molecule has 1 aromatic rings. The Balaban J connectivity index is 1.39. The Bertz CT molecular complexity index is 699. The number of carbonyl (C=O) groups is 2. The van der Waals surface area contributed by atoms with Gasteiger partial charge in [-0.1, -0.05) is 11.6 Å². The van der Waals surface area contributed by atoms with Crippen molar-refractivity contribution in [1.82, 2.24) is 15.5 Å². The van der Waals surface area contributed by atoms with Crippen LogP contribution in [0.3, 0.4) is 0 Å². The van der Waals surface area contributed by atoms with Crippen LogP contribution in [0.2, 0.25) is 5.02 Å². The quantitative estimate of drug-likeness (QED) is 0.829. The Hall–Kier alpha value is -1.79. The smallest absolute Gasteiger partial charge is 0.322 e. The summed E-state index contributed by atoms with van der Waals surface area (Å²) in [5.74, 6) is 0.896. The van der Waals surface area contributed by atoms with Gasteiger partial charge in [-0.05, 0) is 56.3 Å². The molecule has 7 heteroatoms. The predicted octanol–water partition coefficient (Wildman–Crippen LogP) is 2.47. The first-order valence-corrected chi connectivity index (χ1v) is 9.87. The summed E-state index contributed by atoms with van der Waals surface area (Å²) in [5, 5.41) is 6.88. The van der Waals surface area contributed by atoms with Crippen LogP contribution in [0.5, 0.6) is 0 Å². The fraction of sp³-hybridized carbons (Fsp3) is 0.579. The minimum Gasteiger partial charge on any atom is -0.339 e. The Morgan fingerprint density at radius 2 is 1.96 bits per heavy atom. The van der Waals surface area contributed by atoms with E-state index in [1.807, 2.05) is 4.90 Å². The van der Waals surface area contributed by atoms with Gasteiger partial charge in [0, 0.05) is 37.8 Å². The molecule has 2 heterocycles. The SMILES string of the molecule is O=C(c1ccc(Cl)c(N2CCNC2=O)c1)N1CCC(NCC2CC2)CC1. The summed E-state index contributed by atoms with van der Waals surface area (Å²) in [6.07, 6.45) is 4.71. The third kappa shape index (κ3) is 3.81. The van der Waals surface area contributed by atoms with E-state index in [4.69, 9.17) is 11.6 Å². The third-order valence-electron chi connectivity index (χ3n) is 5.51. The van der Waals surface area contributed by atoms with E-state index in [9.17, 15) is 9.59 Å². The predicted molar refractivity (Wildman–Crippen MR) is 102 cm³/mol. The highest BCUT2D eigenvalue weighted by molar-refractivity contribution is 6.34. The Kier molecular flexibility index (Phi) is 5.05. The number of hydrogen-bond donors (Lipinski definition) is 2. The van der Waals surface area contributed by atoms with E-state index in [0.717, 1.165) is 38.4 Å². The third-order valence-corrected chi connectivity index (χ3v) is 5.83. The van der Waals surface area contributed by atoms with Crippen LogP contribution in [0.4, 0.5) is 10.5 Å². The molecule has 2 N–H and O–H groups in total. The number of amides is 3. The monoisotopic (exact) mass is 376 g/mol. The molecule has 6 nitrogen and oxygen atoms in total. The van der Waals surface area contributed by atoms with Crippen LogP contribution < -0.4 is 15.5 Å². The number of hydrogen-bond acceptors (Lipinski definition) is 3. The summed E-state index contributed by atoms with van der Waals surface area (Å²) in [6.45, 7) is 3.81. The maximum absolute atomic E-state index is 12.9. The van der Waals surface area contributed by atoms with E-state index < -0.39 is 0 Å². The summed E-state index contributed by atoms with van der Waals surface area (Å²) in [7, 11) is 0. The summed E-state index contributed by atoms with van der Waals surface area (Å²) in [5.41, 5.74) is 1.20. The lowest BCUT2D eigenvalue weighted by Crippen LogP contribution is -2.45. The van der Waals surface area contributed by atoms with Crippen LogP contribution in [-0.4, -0.2) is 55.6 Å². The van der Waals surface area contributed by atoms with Gasteiger partial charge >= 0.3 is 6.03 Å². The Labute approximate surface area is 158 Å². The highest BCUT2D eigenvalue weighted by atomic mass is 35.5. The van der Waals surface area contributed by atoms with Crippen molar-refractivity contribution in [2.45, 2.75) is 31.7 Å². The molecule has 0 radical (unpaired) electrons. The van der Waals surface area contributed by atoms with E-state index in [1.165, 1.54) is 12.8 Å². The average Bonchev–Trinajstić information content (AvgIpc) is 3.40. The van der Waals surface area contributed by atoms with Gasteiger partial charge in [0.25, 0.3) is 5.91 Å². The highest BCUT2D eigenvalue weighted by Gasteiger charge is 2.28. The molecule has 0 unspecified atom stereocenters. The van der Waals surface area contributed by atoms with E-state index in [0.29, 0.717) is 35.4 Å². The van der Waals surface area contributed by atoms with Gasteiger partial charge in [0.05, 0.1) is 10.7 Å². The van der Waals surface area contributed by atoms with Crippen LogP contribution in [0, 0.1) is 5.92 Å². The maximum Gasteiger partial charge on any atom is 0.322 e. The van der Waals surface area contributed by atoms with Crippen molar-refractivity contribution in [3.05, 3.63) is 28.8 Å². The molecule has 0 atom stereocenters. The zero-order chi connectivity index (χ0) is 18.1. The van der Waals surface area contributed by atoms with Gasteiger partial charge in [-0.15, -0.1) is 0 Å². The molecule has 3 aliphatic rings. The van der Waals surface area contributed by atoms with Crippen LogP contribution in [-0.2, 0) is 0 Å². The standard InChI is InChI=1S/C19H25ClN4O2/c20-16-4-3-14(11-17(16)24-10-7-21-19(24)26)18(25)23-8-5-15(6-9-23)22-12-13-1-2-13/h3-4,11,13,15,22H,1-2,5-10,12H2,(H,21,26). The fourth-order valence-corrected chi connectivity index (χ4v) is 3.90. The van der Waals surface area contributed by atoms with Crippen molar-refractivity contribution >= 4 is 29.2 Å². The molecule has 4 rings (SSSR count). The largest absolute Gasteiger partial charge is 0.339 e. The lowest BCUT2D eigenvalue weighted by molar-refractivity contribution is 0.0705. The van der Waals surface area contributed by atoms with Crippen LogP contribution in [0.25, 0.3) is 0 Å². The molecule has 0 bridgehead atoms. The van der Waals surface area contributed by atoms with E-state index >= 15 is 0 Å². The molecule has 26 heavy (non-hydrogen) atoms. The van der Waals surface area contributed by atoms with E-state index in [2.05, 4.69) is 10.6 Å². The zero-order valence-electron chi connectivity index (χ0n) is 14.8. The summed E-state index contributed by atoms with van der Waals surface area (Å²) >= 11 is 6.26. The van der Waals surface area contributed by atoms with Crippen molar-refractivity contribution in [2.24, 2.45) is 5.92 Å². The molecule has 0 aromatic heterocycles. The summed E-state index contributed by atoms with van der Waals surface area (Å²) in [4.78, 5) is 28.3. The molecular formula is C19H25ClN4O2. The molecule has 1 aliphatic carbocycles. The van der Waals surface area contributed by atoms with Gasteiger partial charge in [-0.25, -0.2) is 4.79 Å². The second kappa shape index (κ2) is 7.45. The minimum atomic E-state index is -0.168. The van der Waals surface area contributed by atoms with Crippen molar-refractivity contribution in [2.75, 3.05) is 37.6 Å². The van der Waals surface area contributed by atoms with Gasteiger partial charge < -0.3 is 15.5 Å². The first-order valence-electron chi connectivity index (χ1n) is 9.49. The second-order valence-corrected chi connectivity index (χ2v) is 7.88. The number of nitrogens with zero attached hydrogens (tertiary/aromatic N) is 2. The van der Waals surface area contributed by atoms with Crippen molar-refractivity contribution in [1.29, 1.82) is 0 Å². The number of urea groups is 1. The van der Waals surface area contributed by atoms with Crippen LogP contribution in [0.15, 0.2) is 18.2 Å². The number of anilines is 1. The number of benzene rings is 1. The molecular weight excluding hydrogens is 352 g/mol. The highest BCUT2D eigenvalue weighted by Crippen LogP contribution is 2.30. The van der Waals surface area contributed by atoms with Crippen LogP contribution >= 0.6 is 11.6 Å². The van der Waals surface area contributed by atoms with E-state index in [1.54, 1.807) is 23.1 Å². The Morgan fingerprint density at radius 1 is 1.19 bits per heavy atom. The summed E-state index contributed by atoms with van der Waals surface area (Å²) < 4.78 is 0. The van der Waals surface area contributed by atoms with Gasteiger partial charge in [-0.3, -0.25) is 9.69 Å². The first-order chi connectivity index (χ1) is 12.6. The van der Waals surface area contributed by atoms with Crippen molar-refractivity contribution in [3.63, 3.8) is 0 Å². The number of halogens is 1. The van der Waals surface area contributed by atoms with E-state index in [-0.39, 0.29) is 11.9 Å². The summed E-state index contributed by atoms with van der Waals surface area (Å²) in [6, 6.07) is 5.56. The minimum absolute atomic E-state index is 0.0168. The van der Waals surface area contributed by atoms with Gasteiger partial charge in [0.15, 0.2) is 0 Å². The second-order valence-electron chi connectivity index (χ2n) is 7.47. The van der Waals surface area contributed by atoms with Crippen molar-refractivity contribution < 1.29 is 9.59 Å². The lowest BCUT2D eigenvalue weighted by atomic mass is 10.0. The molecule has 2 aliphatic heterocycles. The molecule has 2 saturated heterocycles. The first kappa shape index (κ1) is 17.6. The number of likely N-dealkylation sites (tertiary alicyclic amines) is 1. The molecule has 1 saturated carbocycles. The van der Waals surface area contributed by atoms with Crippen LogP contribution in [0.1, 0.15) is 36.0 Å². The zero-order valence-corrected chi connectivity index (χ0v) is 15.6. The average molecular weight is 377 g/mol. The lowest BCUT2D eigenvalue weighted by Gasteiger charge is -2.33. The molecule has 140 valence electrons. The van der Waals surface area contributed by atoms with Gasteiger partial charge in [0.2, 0.25) is 0 Å². The maximum atomic E-state index is 12.9. The Morgan fingerprint density at radius 3 is 2.62 bits per heavy atom.